The van der Waals surface area contributed by atoms with Gasteiger partial charge in [-0.15, -0.1) is 10.2 Å². The number of rotatable bonds is 4. The Morgan fingerprint density at radius 2 is 1.96 bits per heavy atom. The summed E-state index contributed by atoms with van der Waals surface area (Å²) in [5.41, 5.74) is 7.72. The third kappa shape index (κ3) is 3.07. The van der Waals surface area contributed by atoms with Crippen LogP contribution in [0, 0.1) is 0 Å². The highest BCUT2D eigenvalue weighted by Gasteiger charge is 2.17. The Morgan fingerprint density at radius 3 is 2.58 bits per heavy atom. The van der Waals surface area contributed by atoms with Gasteiger partial charge in [0.25, 0.3) is 0 Å². The van der Waals surface area contributed by atoms with Crippen molar-refractivity contribution >= 4 is 23.4 Å². The zero-order chi connectivity index (χ0) is 17.1. The average Bonchev–Trinajstić information content (AvgIpc) is 2.98. The van der Waals surface area contributed by atoms with Crippen LogP contribution in [0.15, 0.2) is 42.6 Å². The van der Waals surface area contributed by atoms with Gasteiger partial charge in [0.05, 0.1) is 18.5 Å². The largest absolute Gasteiger partial charge is 0.462 e. The number of carbonyl (C=O) groups excluding carboxylic acids is 1. The molecule has 0 aliphatic rings. The normalized spacial score (nSPS) is 10.6. The number of nitrogens with zero attached hydrogens (tertiary/aromatic N) is 4. The summed E-state index contributed by atoms with van der Waals surface area (Å²) in [5, 5.41) is 13.0. The maximum absolute atomic E-state index is 11.8. The van der Waals surface area contributed by atoms with E-state index >= 15 is 0 Å². The molecule has 0 fully saturated rings. The van der Waals surface area contributed by atoms with Gasteiger partial charge in [-0.3, -0.25) is 0 Å². The molecule has 122 valence electrons. The van der Waals surface area contributed by atoms with Crippen LogP contribution in [0.4, 0.5) is 5.82 Å². The number of nitrogen functional groups attached to an aromatic ring is 1. The van der Waals surface area contributed by atoms with E-state index in [-0.39, 0.29) is 18.0 Å². The molecule has 2 aromatic heterocycles. The molecule has 0 aliphatic carbocycles. The number of aromatic nitrogens is 4. The summed E-state index contributed by atoms with van der Waals surface area (Å²) in [7, 11) is 0. The average molecular weight is 344 g/mol. The summed E-state index contributed by atoms with van der Waals surface area (Å²) in [6, 6.07) is 10.8. The van der Waals surface area contributed by atoms with Gasteiger partial charge in [0.2, 0.25) is 0 Å². The van der Waals surface area contributed by atoms with Crippen molar-refractivity contribution in [3.8, 4) is 17.1 Å². The fourth-order valence-corrected chi connectivity index (χ4v) is 2.25. The van der Waals surface area contributed by atoms with Crippen molar-refractivity contribution in [2.24, 2.45) is 0 Å². The first kappa shape index (κ1) is 15.9. The molecule has 0 spiro atoms. The summed E-state index contributed by atoms with van der Waals surface area (Å²) in [6.45, 7) is 1.98. The van der Waals surface area contributed by atoms with Crippen LogP contribution in [0.5, 0.6) is 0 Å². The Balaban J connectivity index is 1.89. The highest BCUT2D eigenvalue weighted by molar-refractivity contribution is 6.30. The van der Waals surface area contributed by atoms with Crippen molar-refractivity contribution in [1.82, 2.24) is 20.0 Å². The van der Waals surface area contributed by atoms with Crippen molar-refractivity contribution in [1.29, 1.82) is 0 Å². The van der Waals surface area contributed by atoms with Crippen LogP contribution in [0.25, 0.3) is 17.1 Å². The maximum Gasteiger partial charge on any atom is 0.343 e. The number of carbonyl (C=O) groups is 1. The van der Waals surface area contributed by atoms with Crippen molar-refractivity contribution in [2.75, 3.05) is 12.3 Å². The Hall–Kier alpha value is -2.93. The summed E-state index contributed by atoms with van der Waals surface area (Å²) in [4.78, 5) is 11.8. The van der Waals surface area contributed by atoms with Crippen LogP contribution in [-0.2, 0) is 4.74 Å². The highest BCUT2D eigenvalue weighted by atomic mass is 35.5. The van der Waals surface area contributed by atoms with Gasteiger partial charge in [-0.25, -0.2) is 4.79 Å². The van der Waals surface area contributed by atoms with Crippen LogP contribution in [0.2, 0.25) is 5.02 Å². The molecule has 0 amide bonds. The first-order valence-electron chi connectivity index (χ1n) is 7.21. The molecule has 2 heterocycles. The van der Waals surface area contributed by atoms with Crippen molar-refractivity contribution < 1.29 is 9.53 Å². The van der Waals surface area contributed by atoms with Crippen molar-refractivity contribution in [3.63, 3.8) is 0 Å². The standard InChI is InChI=1S/C16H14ClN5O2/c1-2-24-16(23)12-9-19-22(15(12)18)14-8-7-13(20-21-14)10-3-5-11(17)6-4-10/h3-9H,2,18H2,1H3. The second-order valence-electron chi connectivity index (χ2n) is 4.86. The van der Waals surface area contributed by atoms with Gasteiger partial charge in [0.15, 0.2) is 5.82 Å². The number of ether oxygens (including phenoxy) is 1. The van der Waals surface area contributed by atoms with E-state index in [0.29, 0.717) is 16.5 Å². The minimum Gasteiger partial charge on any atom is -0.462 e. The molecule has 3 rings (SSSR count). The van der Waals surface area contributed by atoms with Gasteiger partial charge < -0.3 is 10.5 Å². The summed E-state index contributed by atoms with van der Waals surface area (Å²) in [5.74, 6) is 0.0368. The summed E-state index contributed by atoms with van der Waals surface area (Å²) in [6.07, 6.45) is 1.35. The van der Waals surface area contributed by atoms with E-state index in [0.717, 1.165) is 5.56 Å². The van der Waals surface area contributed by atoms with E-state index in [1.807, 2.05) is 12.1 Å². The Labute approximate surface area is 143 Å². The van der Waals surface area contributed by atoms with Gasteiger partial charge >= 0.3 is 5.97 Å². The molecule has 1 aromatic carbocycles. The van der Waals surface area contributed by atoms with Crippen LogP contribution in [-0.4, -0.2) is 32.6 Å². The molecule has 8 heteroatoms. The molecule has 0 atom stereocenters. The molecule has 2 N–H and O–H groups in total. The SMILES string of the molecule is CCOC(=O)c1cnn(-c2ccc(-c3ccc(Cl)cc3)nn2)c1N. The first-order valence-corrected chi connectivity index (χ1v) is 7.58. The lowest BCUT2D eigenvalue weighted by atomic mass is 10.1. The predicted octanol–water partition coefficient (Wildman–Crippen LogP) is 2.74. The molecule has 7 nitrogen and oxygen atoms in total. The van der Waals surface area contributed by atoms with Crippen LogP contribution >= 0.6 is 11.6 Å². The van der Waals surface area contributed by atoms with E-state index < -0.39 is 5.97 Å². The summed E-state index contributed by atoms with van der Waals surface area (Å²) < 4.78 is 6.26. The molecule has 0 saturated heterocycles. The van der Waals surface area contributed by atoms with Gasteiger partial charge in [-0.2, -0.15) is 9.78 Å². The van der Waals surface area contributed by atoms with Crippen molar-refractivity contribution in [3.05, 3.63) is 53.2 Å². The number of hydrogen-bond acceptors (Lipinski definition) is 6. The van der Waals surface area contributed by atoms with Gasteiger partial charge in [-0.05, 0) is 31.2 Å². The number of hydrogen-bond donors (Lipinski definition) is 1. The number of esters is 1. The van der Waals surface area contributed by atoms with Crippen LogP contribution in [0.3, 0.4) is 0 Å². The highest BCUT2D eigenvalue weighted by Crippen LogP contribution is 2.21. The fraction of sp³-hybridized carbons (Fsp3) is 0.125. The predicted molar refractivity (Wildman–Crippen MR) is 90.0 cm³/mol. The Kier molecular flexibility index (Phi) is 4.43. The van der Waals surface area contributed by atoms with Gasteiger partial charge in [-0.1, -0.05) is 23.7 Å². The first-order chi connectivity index (χ1) is 11.6. The van der Waals surface area contributed by atoms with Crippen LogP contribution < -0.4 is 5.73 Å². The molecule has 0 bridgehead atoms. The lowest BCUT2D eigenvalue weighted by molar-refractivity contribution is 0.0527. The zero-order valence-electron chi connectivity index (χ0n) is 12.8. The monoisotopic (exact) mass is 343 g/mol. The van der Waals surface area contributed by atoms with E-state index in [1.165, 1.54) is 10.9 Å². The topological polar surface area (TPSA) is 95.9 Å². The second kappa shape index (κ2) is 6.67. The zero-order valence-corrected chi connectivity index (χ0v) is 13.6. The van der Waals surface area contributed by atoms with Crippen molar-refractivity contribution in [2.45, 2.75) is 6.92 Å². The van der Waals surface area contributed by atoms with E-state index in [4.69, 9.17) is 22.1 Å². The number of anilines is 1. The third-order valence-electron chi connectivity index (χ3n) is 3.31. The minimum absolute atomic E-state index is 0.155. The lowest BCUT2D eigenvalue weighted by Gasteiger charge is -2.05. The molecular weight excluding hydrogens is 330 g/mol. The number of benzene rings is 1. The molecule has 3 aromatic rings. The fourth-order valence-electron chi connectivity index (χ4n) is 2.12. The molecule has 0 saturated carbocycles. The Bertz CT molecular complexity index is 859. The third-order valence-corrected chi connectivity index (χ3v) is 3.56. The van der Waals surface area contributed by atoms with E-state index in [1.54, 1.807) is 31.2 Å². The quantitative estimate of drug-likeness (QED) is 0.732. The molecule has 0 aliphatic heterocycles. The maximum atomic E-state index is 11.8. The molecular formula is C16H14ClN5O2. The molecule has 0 radical (unpaired) electrons. The number of halogens is 1. The number of nitrogens with two attached hydrogens (primary N) is 1. The van der Waals surface area contributed by atoms with Gasteiger partial charge in [0.1, 0.15) is 11.4 Å². The van der Waals surface area contributed by atoms with Crippen LogP contribution in [0.1, 0.15) is 17.3 Å². The van der Waals surface area contributed by atoms with E-state index in [2.05, 4.69) is 15.3 Å². The second-order valence-corrected chi connectivity index (χ2v) is 5.30. The smallest absolute Gasteiger partial charge is 0.343 e. The minimum atomic E-state index is -0.521. The summed E-state index contributed by atoms with van der Waals surface area (Å²) >= 11 is 5.87. The van der Waals surface area contributed by atoms with E-state index in [9.17, 15) is 4.79 Å². The molecule has 0 unspecified atom stereocenters. The molecule has 24 heavy (non-hydrogen) atoms. The Morgan fingerprint density at radius 1 is 1.21 bits per heavy atom. The van der Waals surface area contributed by atoms with Gasteiger partial charge in [0, 0.05) is 10.6 Å². The lowest BCUT2D eigenvalue weighted by Crippen LogP contribution is -2.10.